The van der Waals surface area contributed by atoms with Crippen LogP contribution < -0.4 is 14.8 Å². The summed E-state index contributed by atoms with van der Waals surface area (Å²) in [5, 5.41) is 27.2. The lowest BCUT2D eigenvalue weighted by atomic mass is 9.56. The van der Waals surface area contributed by atoms with Gasteiger partial charge in [-0.1, -0.05) is 48.3 Å². The van der Waals surface area contributed by atoms with Gasteiger partial charge in [0.2, 0.25) is 11.7 Å². The van der Waals surface area contributed by atoms with E-state index in [1.54, 1.807) is 36.0 Å². The Morgan fingerprint density at radius 3 is 2.47 bits per heavy atom. The molecule has 3 N–H and O–H groups in total. The molecule has 3 aromatic rings. The van der Waals surface area contributed by atoms with Gasteiger partial charge in [0.15, 0.2) is 0 Å². The van der Waals surface area contributed by atoms with E-state index in [-0.39, 0.29) is 67.1 Å². The van der Waals surface area contributed by atoms with Gasteiger partial charge in [-0.25, -0.2) is 4.39 Å². The van der Waals surface area contributed by atoms with Gasteiger partial charge in [0.1, 0.15) is 29.5 Å². The van der Waals surface area contributed by atoms with E-state index in [9.17, 15) is 19.4 Å². The summed E-state index contributed by atoms with van der Waals surface area (Å²) in [4.78, 5) is 19.0. The summed E-state index contributed by atoms with van der Waals surface area (Å²) in [6, 6.07) is 20.3. The van der Waals surface area contributed by atoms with E-state index in [1.807, 2.05) is 63.2 Å². The number of aliphatic hydroxyl groups is 2. The number of unbranched alkanes of at least 4 members (excludes halogenated alkanes) is 2. The van der Waals surface area contributed by atoms with E-state index in [2.05, 4.69) is 18.0 Å². The maximum absolute atomic E-state index is 14.7. The van der Waals surface area contributed by atoms with Crippen LogP contribution in [0.25, 0.3) is 0 Å². The van der Waals surface area contributed by atoms with Crippen LogP contribution in [0.3, 0.4) is 0 Å². The standard InChI is InChI=1S/C46H57FN2O7S/c1-6-25-54-46-42(57-35-20-17-33(18-21-35)48-30(2)52)28-40(49-56-45(3,4)5)37-26-31(13-9-11-23-50)36(15-10-12-24-51)43(44(37)46)38-27-34(19-22-41(38)55-46)53-29-32-14-7-8-16-39(32)47/h6-8,14,16-22,26-27,31,36,42-44,50-51H,1,9-13,15,23-25,28-29H2,2-5H3,(H,48,52). The van der Waals surface area contributed by atoms with Crippen LogP contribution in [0.1, 0.15) is 89.7 Å². The molecule has 11 heteroatoms. The number of carbonyl (C=O) groups is 1. The molecule has 1 heterocycles. The number of thioether (sulfide) groups is 1. The van der Waals surface area contributed by atoms with Crippen molar-refractivity contribution in [3.8, 4) is 11.5 Å². The monoisotopic (exact) mass is 800 g/mol. The molecule has 57 heavy (non-hydrogen) atoms. The summed E-state index contributed by atoms with van der Waals surface area (Å²) in [5.74, 6) is -0.536. The number of ether oxygens (including phenoxy) is 3. The molecule has 0 aromatic heterocycles. The summed E-state index contributed by atoms with van der Waals surface area (Å²) in [5.41, 5.74) is 3.49. The second-order valence-electron chi connectivity index (χ2n) is 16.2. The fraction of sp³-hybridized carbons (Fsp3) is 0.478. The average molecular weight is 801 g/mol. The van der Waals surface area contributed by atoms with Crippen molar-refractivity contribution in [3.63, 3.8) is 0 Å². The molecule has 9 nitrogen and oxygen atoms in total. The highest BCUT2D eigenvalue weighted by molar-refractivity contribution is 8.00. The highest BCUT2D eigenvalue weighted by Crippen LogP contribution is 2.63. The molecule has 0 saturated heterocycles. The predicted octanol–water partition coefficient (Wildman–Crippen LogP) is 9.59. The van der Waals surface area contributed by atoms with Crippen molar-refractivity contribution >= 4 is 29.1 Å². The van der Waals surface area contributed by atoms with Gasteiger partial charge in [0.25, 0.3) is 0 Å². The molecular weight excluding hydrogens is 744 g/mol. The quantitative estimate of drug-likeness (QED) is 0.0662. The highest BCUT2D eigenvalue weighted by Gasteiger charge is 2.64. The predicted molar refractivity (Wildman–Crippen MR) is 223 cm³/mol. The number of aliphatic hydroxyl groups excluding tert-OH is 2. The van der Waals surface area contributed by atoms with Crippen molar-refractivity contribution in [1.29, 1.82) is 0 Å². The largest absolute Gasteiger partial charge is 0.489 e. The molecule has 0 bridgehead atoms. The molecule has 0 radical (unpaired) electrons. The van der Waals surface area contributed by atoms with Crippen LogP contribution in [0.15, 0.2) is 101 Å². The molecule has 6 rings (SSSR count). The number of hydrogen-bond acceptors (Lipinski definition) is 9. The van der Waals surface area contributed by atoms with Gasteiger partial charge in [-0.3, -0.25) is 4.79 Å². The number of nitrogens with one attached hydrogen (secondary N) is 1. The first-order valence-electron chi connectivity index (χ1n) is 20.1. The Morgan fingerprint density at radius 2 is 1.79 bits per heavy atom. The van der Waals surface area contributed by atoms with Crippen LogP contribution in [0, 0.1) is 23.6 Å². The van der Waals surface area contributed by atoms with Gasteiger partial charge in [0, 0.05) is 54.2 Å². The van der Waals surface area contributed by atoms with Crippen LogP contribution in [-0.4, -0.2) is 58.3 Å². The van der Waals surface area contributed by atoms with Gasteiger partial charge < -0.3 is 34.6 Å². The summed E-state index contributed by atoms with van der Waals surface area (Å²) in [6.45, 7) is 12.0. The molecule has 2 aliphatic carbocycles. The van der Waals surface area contributed by atoms with Gasteiger partial charge in [-0.2, -0.15) is 0 Å². The summed E-state index contributed by atoms with van der Waals surface area (Å²) < 4.78 is 35.3. The van der Waals surface area contributed by atoms with Crippen LogP contribution in [0.4, 0.5) is 10.1 Å². The highest BCUT2D eigenvalue weighted by atomic mass is 32.2. The number of fused-ring (bicyclic) bond motifs is 2. The van der Waals surface area contributed by atoms with E-state index in [0.29, 0.717) is 42.0 Å². The van der Waals surface area contributed by atoms with Crippen LogP contribution in [0.5, 0.6) is 11.5 Å². The summed E-state index contributed by atoms with van der Waals surface area (Å²) in [6.07, 6.45) is 9.38. The third-order valence-electron chi connectivity index (χ3n) is 10.9. The Balaban J connectivity index is 1.53. The Bertz CT molecular complexity index is 1910. The lowest BCUT2D eigenvalue weighted by Gasteiger charge is -2.58. The lowest BCUT2D eigenvalue weighted by molar-refractivity contribution is -0.223. The minimum Gasteiger partial charge on any atom is -0.489 e. The minimum atomic E-state index is -1.17. The Morgan fingerprint density at radius 1 is 1.05 bits per heavy atom. The van der Waals surface area contributed by atoms with Crippen molar-refractivity contribution in [1.82, 2.24) is 0 Å². The Labute approximate surface area is 340 Å². The molecule has 1 saturated carbocycles. The van der Waals surface area contributed by atoms with E-state index < -0.39 is 11.4 Å². The van der Waals surface area contributed by atoms with Crippen molar-refractivity contribution in [2.75, 3.05) is 25.1 Å². The number of rotatable bonds is 18. The number of amides is 1. The Hall–Kier alpha value is -4.16. The fourth-order valence-corrected chi connectivity index (χ4v) is 9.76. The smallest absolute Gasteiger partial charge is 0.231 e. The van der Waals surface area contributed by atoms with Gasteiger partial charge in [-0.15, -0.1) is 18.3 Å². The van der Waals surface area contributed by atoms with Gasteiger partial charge in [-0.05, 0) is 112 Å². The van der Waals surface area contributed by atoms with E-state index in [1.165, 1.54) is 13.0 Å². The van der Waals surface area contributed by atoms with Crippen molar-refractivity contribution in [2.24, 2.45) is 22.9 Å². The molecule has 6 atom stereocenters. The van der Waals surface area contributed by atoms with Crippen molar-refractivity contribution < 1.29 is 38.4 Å². The zero-order valence-corrected chi connectivity index (χ0v) is 34.4. The average Bonchev–Trinajstić information content (AvgIpc) is 3.18. The van der Waals surface area contributed by atoms with Gasteiger partial charge >= 0.3 is 0 Å². The fourth-order valence-electron chi connectivity index (χ4n) is 8.47. The Kier molecular flexibility index (Phi) is 14.2. The topological polar surface area (TPSA) is 119 Å². The zero-order valence-electron chi connectivity index (χ0n) is 33.5. The molecule has 1 fully saturated rings. The number of nitrogens with zero attached hydrogens (tertiary/aromatic N) is 1. The van der Waals surface area contributed by atoms with Gasteiger partial charge in [0.05, 0.1) is 23.5 Å². The molecule has 1 aliphatic heterocycles. The first kappa shape index (κ1) is 42.4. The molecule has 6 unspecified atom stereocenters. The number of anilines is 1. The van der Waals surface area contributed by atoms with E-state index in [4.69, 9.17) is 24.2 Å². The normalized spacial score (nSPS) is 24.4. The lowest BCUT2D eigenvalue weighted by Crippen LogP contribution is -2.64. The second-order valence-corrected chi connectivity index (χ2v) is 17.4. The summed E-state index contributed by atoms with van der Waals surface area (Å²) >= 11 is 1.65. The number of hydrogen-bond donors (Lipinski definition) is 3. The molecule has 0 spiro atoms. The third kappa shape index (κ3) is 10.1. The first-order valence-corrected chi connectivity index (χ1v) is 21.0. The molecule has 1 amide bonds. The maximum Gasteiger partial charge on any atom is 0.231 e. The van der Waals surface area contributed by atoms with Crippen molar-refractivity contribution in [3.05, 3.63) is 108 Å². The second kappa shape index (κ2) is 19.1. The molecular formula is C46H57FN2O7S. The number of benzene rings is 3. The zero-order chi connectivity index (χ0) is 40.6. The minimum absolute atomic E-state index is 0.0715. The number of carbonyl (C=O) groups excluding carboxylic acids is 1. The number of halogens is 1. The number of allylic oxidation sites excluding steroid dienone is 1. The molecule has 306 valence electrons. The van der Waals surface area contributed by atoms with E-state index >= 15 is 0 Å². The van der Waals surface area contributed by atoms with Crippen LogP contribution in [0.2, 0.25) is 0 Å². The SMILES string of the molecule is C=CCOC12Oc3ccc(OCc4ccccc4F)cc3C3C(CCCCO)C(CCCCO)C=C(C(=NOC(C)(C)C)CC1Sc1ccc(NC(C)=O)cc1)C32. The number of oxime groups is 1. The summed E-state index contributed by atoms with van der Waals surface area (Å²) in [7, 11) is 0. The van der Waals surface area contributed by atoms with Crippen molar-refractivity contribution in [2.45, 2.75) is 107 Å². The first-order chi connectivity index (χ1) is 27.5. The van der Waals surface area contributed by atoms with E-state index in [0.717, 1.165) is 47.4 Å². The van der Waals surface area contributed by atoms with Crippen LogP contribution >= 0.6 is 11.8 Å². The third-order valence-corrected chi connectivity index (χ3v) is 12.2. The molecule has 3 aromatic carbocycles. The molecule has 3 aliphatic rings. The maximum atomic E-state index is 14.7. The van der Waals surface area contributed by atoms with Crippen LogP contribution in [-0.2, 0) is 21.0 Å².